The largest absolute Gasteiger partial charge is 0.335 e. The Balaban J connectivity index is 0.00000243. The summed E-state index contributed by atoms with van der Waals surface area (Å²) in [5, 5.41) is 7.05. The number of rotatable bonds is 8. The molecule has 0 saturated heterocycles. The molecule has 1 fully saturated rings. The number of nitrogens with zero attached hydrogens (tertiary/aromatic N) is 2. The minimum absolute atomic E-state index is 0. The third kappa shape index (κ3) is 5.63. The average Bonchev–Trinajstić information content (AvgIpc) is 3.29. The number of benzene rings is 1. The lowest BCUT2D eigenvalue weighted by atomic mass is 10.2. The predicted molar refractivity (Wildman–Crippen MR) is 102 cm³/mol. The molecule has 1 aromatic carbocycles. The van der Waals surface area contributed by atoms with Crippen molar-refractivity contribution in [2.24, 2.45) is 0 Å². The molecule has 0 aliphatic heterocycles. The first-order valence-electron chi connectivity index (χ1n) is 8.26. The van der Waals surface area contributed by atoms with Crippen LogP contribution in [-0.4, -0.2) is 37.7 Å². The number of hydrogen-bond donors (Lipinski definition) is 2. The summed E-state index contributed by atoms with van der Waals surface area (Å²) in [7, 11) is -1.53. The Kier molecular flexibility index (Phi) is 6.94. The third-order valence-corrected chi connectivity index (χ3v) is 5.51. The maximum Gasteiger partial charge on any atom is 0.250 e. The highest BCUT2D eigenvalue weighted by Gasteiger charge is 2.27. The van der Waals surface area contributed by atoms with Crippen molar-refractivity contribution in [1.29, 1.82) is 0 Å². The van der Waals surface area contributed by atoms with Crippen LogP contribution >= 0.6 is 12.4 Å². The summed E-state index contributed by atoms with van der Waals surface area (Å²) in [4.78, 5) is 4.57. The molecule has 1 atom stereocenters. The number of sulfonamides is 1. The Bertz CT molecular complexity index is 845. The quantitative estimate of drug-likeness (QED) is 0.707. The van der Waals surface area contributed by atoms with Gasteiger partial charge in [-0.05, 0) is 50.6 Å². The van der Waals surface area contributed by atoms with E-state index in [9.17, 15) is 8.42 Å². The highest BCUT2D eigenvalue weighted by atomic mass is 35.5. The van der Waals surface area contributed by atoms with Crippen LogP contribution in [0.4, 0.5) is 0 Å². The normalized spacial score (nSPS) is 15.8. The summed E-state index contributed by atoms with van der Waals surface area (Å²) in [6, 6.07) is 7.06. The van der Waals surface area contributed by atoms with Crippen molar-refractivity contribution in [2.45, 2.75) is 43.2 Å². The van der Waals surface area contributed by atoms with E-state index in [1.54, 1.807) is 30.3 Å². The van der Waals surface area contributed by atoms with E-state index in [-0.39, 0.29) is 29.4 Å². The molecule has 0 amide bonds. The van der Waals surface area contributed by atoms with Crippen LogP contribution in [-0.2, 0) is 16.4 Å². The first-order chi connectivity index (χ1) is 12.0. The van der Waals surface area contributed by atoms with Gasteiger partial charge in [0.1, 0.15) is 0 Å². The fourth-order valence-electron chi connectivity index (χ4n) is 2.21. The molecule has 9 heteroatoms. The van der Waals surface area contributed by atoms with Gasteiger partial charge in [0.25, 0.3) is 5.89 Å². The van der Waals surface area contributed by atoms with Crippen LogP contribution in [0.5, 0.6) is 0 Å². The lowest BCUT2D eigenvalue weighted by Crippen LogP contribution is -2.25. The van der Waals surface area contributed by atoms with Gasteiger partial charge in [-0.2, -0.15) is 4.98 Å². The average molecular weight is 399 g/mol. The molecule has 1 heterocycles. The second-order valence-electron chi connectivity index (χ2n) is 6.24. The van der Waals surface area contributed by atoms with E-state index in [1.165, 1.54) is 0 Å². The molecule has 1 aliphatic rings. The summed E-state index contributed by atoms with van der Waals surface area (Å²) < 4.78 is 32.1. The van der Waals surface area contributed by atoms with E-state index < -0.39 is 10.0 Å². The van der Waals surface area contributed by atoms with Crippen molar-refractivity contribution < 1.29 is 12.9 Å². The number of nitrogens with one attached hydrogen (secondary N) is 2. The van der Waals surface area contributed by atoms with Gasteiger partial charge in [0.15, 0.2) is 5.82 Å². The standard InChI is InChI=1S/C17H22N4O3S.ClH/c1-12(18-2)11-16-19-17(24-20-16)10-5-13-3-8-15(9-4-13)25(22,23)21-14-6-7-14;/h3-5,8-10,12,14,18,21H,6-7,11H2,1-2H3;1H/b10-5+;. The fraction of sp³-hybridized carbons (Fsp3) is 0.412. The summed E-state index contributed by atoms with van der Waals surface area (Å²) in [6.07, 6.45) is 6.04. The minimum Gasteiger partial charge on any atom is -0.335 e. The Morgan fingerprint density at radius 3 is 2.58 bits per heavy atom. The van der Waals surface area contributed by atoms with E-state index in [1.807, 2.05) is 20.0 Å². The molecule has 7 nitrogen and oxygen atoms in total. The molecule has 3 rings (SSSR count). The van der Waals surface area contributed by atoms with Gasteiger partial charge in [-0.1, -0.05) is 17.3 Å². The molecule has 142 valence electrons. The van der Waals surface area contributed by atoms with Crippen molar-refractivity contribution in [3.63, 3.8) is 0 Å². The summed E-state index contributed by atoms with van der Waals surface area (Å²) in [5.41, 5.74) is 0.855. The molecule has 1 aromatic heterocycles. The molecule has 0 spiro atoms. The Labute approximate surface area is 159 Å². The van der Waals surface area contributed by atoms with E-state index in [0.717, 1.165) is 18.4 Å². The van der Waals surface area contributed by atoms with Crippen LogP contribution in [0, 0.1) is 0 Å². The van der Waals surface area contributed by atoms with Crippen LogP contribution in [0.3, 0.4) is 0 Å². The van der Waals surface area contributed by atoms with Gasteiger partial charge in [0.05, 0.1) is 4.90 Å². The molecule has 1 saturated carbocycles. The van der Waals surface area contributed by atoms with Gasteiger partial charge in [-0.3, -0.25) is 0 Å². The lowest BCUT2D eigenvalue weighted by molar-refractivity contribution is 0.400. The first-order valence-corrected chi connectivity index (χ1v) is 9.75. The smallest absolute Gasteiger partial charge is 0.250 e. The molecule has 2 aromatic rings. The van der Waals surface area contributed by atoms with Gasteiger partial charge in [0, 0.05) is 24.6 Å². The minimum atomic E-state index is -3.41. The lowest BCUT2D eigenvalue weighted by Gasteiger charge is -2.05. The van der Waals surface area contributed by atoms with E-state index >= 15 is 0 Å². The molecular formula is C17H23ClN4O3S. The van der Waals surface area contributed by atoms with Gasteiger partial charge in [0.2, 0.25) is 10.0 Å². The van der Waals surface area contributed by atoms with Crippen LogP contribution < -0.4 is 10.0 Å². The zero-order valence-electron chi connectivity index (χ0n) is 14.7. The van der Waals surface area contributed by atoms with E-state index in [2.05, 4.69) is 20.2 Å². The van der Waals surface area contributed by atoms with E-state index in [0.29, 0.717) is 18.1 Å². The highest BCUT2D eigenvalue weighted by Crippen LogP contribution is 2.22. The van der Waals surface area contributed by atoms with Crippen LogP contribution in [0.15, 0.2) is 33.7 Å². The molecule has 2 N–H and O–H groups in total. The van der Waals surface area contributed by atoms with Crippen LogP contribution in [0.1, 0.15) is 37.0 Å². The molecule has 1 aliphatic carbocycles. The van der Waals surface area contributed by atoms with Gasteiger partial charge < -0.3 is 9.84 Å². The Morgan fingerprint density at radius 2 is 1.96 bits per heavy atom. The topological polar surface area (TPSA) is 97.1 Å². The zero-order valence-corrected chi connectivity index (χ0v) is 16.3. The maximum absolute atomic E-state index is 12.1. The van der Waals surface area contributed by atoms with Crippen molar-refractivity contribution in [2.75, 3.05) is 7.05 Å². The fourth-order valence-corrected chi connectivity index (χ4v) is 3.51. The summed E-state index contributed by atoms with van der Waals surface area (Å²) in [5.74, 6) is 1.07. The molecule has 0 radical (unpaired) electrons. The molecule has 0 bridgehead atoms. The number of aromatic nitrogens is 2. The van der Waals surface area contributed by atoms with Crippen molar-refractivity contribution in [1.82, 2.24) is 20.2 Å². The predicted octanol–water partition coefficient (Wildman–Crippen LogP) is 2.25. The summed E-state index contributed by atoms with van der Waals surface area (Å²) in [6.45, 7) is 2.04. The number of hydrogen-bond acceptors (Lipinski definition) is 6. The monoisotopic (exact) mass is 398 g/mol. The summed E-state index contributed by atoms with van der Waals surface area (Å²) >= 11 is 0. The zero-order chi connectivity index (χ0) is 17.9. The van der Waals surface area contributed by atoms with Gasteiger partial charge >= 0.3 is 0 Å². The molecule has 26 heavy (non-hydrogen) atoms. The number of halogens is 1. The second-order valence-corrected chi connectivity index (χ2v) is 7.95. The van der Waals surface area contributed by atoms with Gasteiger partial charge in [-0.15, -0.1) is 12.4 Å². The van der Waals surface area contributed by atoms with Crippen molar-refractivity contribution in [3.05, 3.63) is 41.5 Å². The molecular weight excluding hydrogens is 376 g/mol. The SMILES string of the molecule is CNC(C)Cc1noc(/C=C/c2ccc(S(=O)(=O)NC3CC3)cc2)n1.Cl. The Hall–Kier alpha value is -1.74. The van der Waals surface area contributed by atoms with E-state index in [4.69, 9.17) is 4.52 Å². The molecule has 1 unspecified atom stereocenters. The third-order valence-electron chi connectivity index (χ3n) is 3.97. The first kappa shape index (κ1) is 20.6. The van der Waals surface area contributed by atoms with Crippen molar-refractivity contribution in [3.8, 4) is 0 Å². The highest BCUT2D eigenvalue weighted by molar-refractivity contribution is 7.89. The number of likely N-dealkylation sites (N-methyl/N-ethyl adjacent to an activating group) is 1. The van der Waals surface area contributed by atoms with Gasteiger partial charge in [-0.25, -0.2) is 13.1 Å². The van der Waals surface area contributed by atoms with Crippen LogP contribution in [0.2, 0.25) is 0 Å². The maximum atomic E-state index is 12.1. The van der Waals surface area contributed by atoms with Crippen LogP contribution in [0.25, 0.3) is 12.2 Å². The Morgan fingerprint density at radius 1 is 1.27 bits per heavy atom. The van der Waals surface area contributed by atoms with Crippen molar-refractivity contribution >= 4 is 34.6 Å². The second kappa shape index (κ2) is 8.77.